The Labute approximate surface area is 132 Å². The lowest BCUT2D eigenvalue weighted by atomic mass is 10.1. The van der Waals surface area contributed by atoms with Crippen molar-refractivity contribution in [3.05, 3.63) is 35.7 Å². The summed E-state index contributed by atoms with van der Waals surface area (Å²) in [7, 11) is 1.93. The van der Waals surface area contributed by atoms with E-state index in [1.807, 2.05) is 7.05 Å². The van der Waals surface area contributed by atoms with Crippen molar-refractivity contribution in [1.82, 2.24) is 20.4 Å². The maximum absolute atomic E-state index is 5.36. The normalized spacial score (nSPS) is 12.8. The zero-order chi connectivity index (χ0) is 15.9. The van der Waals surface area contributed by atoms with Gasteiger partial charge < -0.3 is 9.84 Å². The summed E-state index contributed by atoms with van der Waals surface area (Å²) in [5.74, 6) is 1.33. The van der Waals surface area contributed by atoms with Crippen molar-refractivity contribution in [3.8, 4) is 11.5 Å². The van der Waals surface area contributed by atoms with Gasteiger partial charge in [0.15, 0.2) is 5.82 Å². The fourth-order valence-corrected chi connectivity index (χ4v) is 2.29. The molecule has 0 saturated heterocycles. The first-order chi connectivity index (χ1) is 10.7. The molecule has 0 radical (unpaired) electrons. The van der Waals surface area contributed by atoms with Crippen molar-refractivity contribution < 1.29 is 4.52 Å². The molecule has 0 fully saturated rings. The zero-order valence-corrected chi connectivity index (χ0v) is 14.0. The van der Waals surface area contributed by atoms with Gasteiger partial charge in [0, 0.05) is 24.6 Å². The van der Waals surface area contributed by atoms with Crippen LogP contribution in [0.2, 0.25) is 0 Å². The third kappa shape index (κ3) is 4.39. The third-order valence-corrected chi connectivity index (χ3v) is 3.95. The minimum Gasteiger partial charge on any atom is -0.334 e. The Bertz CT molecular complexity index is 560. The molecule has 2 rings (SSSR count). The predicted octanol–water partition coefficient (Wildman–Crippen LogP) is 2.73. The lowest BCUT2D eigenvalue weighted by Gasteiger charge is -2.17. The van der Waals surface area contributed by atoms with E-state index in [9.17, 15) is 0 Å². The van der Waals surface area contributed by atoms with Crippen molar-refractivity contribution in [2.24, 2.45) is 0 Å². The Morgan fingerprint density at radius 2 is 1.86 bits per heavy atom. The monoisotopic (exact) mass is 302 g/mol. The Morgan fingerprint density at radius 1 is 1.18 bits per heavy atom. The van der Waals surface area contributed by atoms with E-state index in [2.05, 4.69) is 65.4 Å². The highest BCUT2D eigenvalue weighted by Gasteiger charge is 2.11. The molecule has 0 bridgehead atoms. The first-order valence-electron chi connectivity index (χ1n) is 7.97. The van der Waals surface area contributed by atoms with E-state index in [-0.39, 0.29) is 0 Å². The van der Waals surface area contributed by atoms with Gasteiger partial charge in [-0.05, 0) is 44.8 Å². The highest BCUT2D eigenvalue weighted by atomic mass is 16.5. The first kappa shape index (κ1) is 16.6. The van der Waals surface area contributed by atoms with Gasteiger partial charge in [0.25, 0.3) is 5.89 Å². The SMILES string of the molecule is CCN(CC)Cc1ccc(-c2nc(CC(C)NC)no2)cc1. The van der Waals surface area contributed by atoms with E-state index in [0.29, 0.717) is 11.9 Å². The number of hydrogen-bond donors (Lipinski definition) is 1. The van der Waals surface area contributed by atoms with Gasteiger partial charge in [-0.1, -0.05) is 31.1 Å². The van der Waals surface area contributed by atoms with Crippen LogP contribution in [0.25, 0.3) is 11.5 Å². The molecular weight excluding hydrogens is 276 g/mol. The molecule has 1 atom stereocenters. The Balaban J connectivity index is 2.04. The number of benzene rings is 1. The molecule has 5 heteroatoms. The molecule has 0 aliphatic heterocycles. The molecule has 22 heavy (non-hydrogen) atoms. The van der Waals surface area contributed by atoms with Crippen LogP contribution in [0, 0.1) is 0 Å². The summed E-state index contributed by atoms with van der Waals surface area (Å²) in [4.78, 5) is 6.85. The molecule has 0 amide bonds. The molecule has 1 unspecified atom stereocenters. The number of likely N-dealkylation sites (N-methyl/N-ethyl adjacent to an activating group) is 1. The largest absolute Gasteiger partial charge is 0.334 e. The summed E-state index contributed by atoms with van der Waals surface area (Å²) in [6, 6.07) is 8.71. The standard InChI is InChI=1S/C17H26N4O/c1-5-21(6-2)12-14-7-9-15(10-8-14)17-19-16(20-22-17)11-13(3)18-4/h7-10,13,18H,5-6,11-12H2,1-4H3. The van der Waals surface area contributed by atoms with Gasteiger partial charge in [-0.25, -0.2) is 0 Å². The molecule has 0 saturated carbocycles. The lowest BCUT2D eigenvalue weighted by molar-refractivity contribution is 0.296. The third-order valence-electron chi connectivity index (χ3n) is 3.95. The number of rotatable bonds is 8. The molecule has 0 aliphatic rings. The average Bonchev–Trinajstić information content (AvgIpc) is 3.01. The second-order valence-electron chi connectivity index (χ2n) is 5.57. The second kappa shape index (κ2) is 8.06. The van der Waals surface area contributed by atoms with Gasteiger partial charge in [0.05, 0.1) is 0 Å². The van der Waals surface area contributed by atoms with Crippen LogP contribution in [0.4, 0.5) is 0 Å². The highest BCUT2D eigenvalue weighted by molar-refractivity contribution is 5.53. The maximum atomic E-state index is 5.36. The highest BCUT2D eigenvalue weighted by Crippen LogP contribution is 2.18. The zero-order valence-electron chi connectivity index (χ0n) is 14.0. The number of nitrogens with one attached hydrogen (secondary N) is 1. The minimum absolute atomic E-state index is 0.335. The van der Waals surface area contributed by atoms with Crippen LogP contribution in [0.15, 0.2) is 28.8 Å². The predicted molar refractivity (Wildman–Crippen MR) is 88.6 cm³/mol. The number of aromatic nitrogens is 2. The van der Waals surface area contributed by atoms with Crippen LogP contribution in [-0.4, -0.2) is 41.2 Å². The van der Waals surface area contributed by atoms with Gasteiger partial charge in [-0.3, -0.25) is 4.90 Å². The summed E-state index contributed by atoms with van der Waals surface area (Å²) >= 11 is 0. The smallest absolute Gasteiger partial charge is 0.257 e. The van der Waals surface area contributed by atoms with Crippen LogP contribution >= 0.6 is 0 Å². The Morgan fingerprint density at radius 3 is 2.45 bits per heavy atom. The molecule has 0 spiro atoms. The molecule has 1 N–H and O–H groups in total. The molecule has 5 nitrogen and oxygen atoms in total. The molecule has 120 valence electrons. The van der Waals surface area contributed by atoms with Gasteiger partial charge in [0.2, 0.25) is 0 Å². The van der Waals surface area contributed by atoms with E-state index in [1.54, 1.807) is 0 Å². The van der Waals surface area contributed by atoms with Crippen molar-refractivity contribution in [2.75, 3.05) is 20.1 Å². The molecule has 2 aromatic rings. The van der Waals surface area contributed by atoms with Crippen molar-refractivity contribution in [1.29, 1.82) is 0 Å². The Hall–Kier alpha value is -1.72. The van der Waals surface area contributed by atoms with Crippen molar-refractivity contribution in [3.63, 3.8) is 0 Å². The fourth-order valence-electron chi connectivity index (χ4n) is 2.29. The molecule has 1 heterocycles. The van der Waals surface area contributed by atoms with E-state index in [4.69, 9.17) is 4.52 Å². The molecule has 1 aromatic carbocycles. The first-order valence-corrected chi connectivity index (χ1v) is 7.97. The van der Waals surface area contributed by atoms with Crippen molar-refractivity contribution >= 4 is 0 Å². The second-order valence-corrected chi connectivity index (χ2v) is 5.57. The van der Waals surface area contributed by atoms with E-state index < -0.39 is 0 Å². The van der Waals surface area contributed by atoms with Crippen molar-refractivity contribution in [2.45, 2.75) is 39.8 Å². The average molecular weight is 302 g/mol. The van der Waals surface area contributed by atoms with Crippen LogP contribution in [0.5, 0.6) is 0 Å². The summed E-state index contributed by atoms with van der Waals surface area (Å²) < 4.78 is 5.36. The van der Waals surface area contributed by atoms with Crippen LogP contribution < -0.4 is 5.32 Å². The lowest BCUT2D eigenvalue weighted by Crippen LogP contribution is -2.24. The summed E-state index contributed by atoms with van der Waals surface area (Å²) in [5.41, 5.74) is 2.27. The van der Waals surface area contributed by atoms with Crippen LogP contribution in [0.1, 0.15) is 32.2 Å². The molecule has 0 aliphatic carbocycles. The van der Waals surface area contributed by atoms with E-state index >= 15 is 0 Å². The maximum Gasteiger partial charge on any atom is 0.257 e. The molecule has 1 aromatic heterocycles. The minimum atomic E-state index is 0.335. The topological polar surface area (TPSA) is 54.2 Å². The van der Waals surface area contributed by atoms with Crippen LogP contribution in [-0.2, 0) is 13.0 Å². The summed E-state index contributed by atoms with van der Waals surface area (Å²) in [6.45, 7) is 9.57. The summed E-state index contributed by atoms with van der Waals surface area (Å²) in [6.07, 6.45) is 0.764. The summed E-state index contributed by atoms with van der Waals surface area (Å²) in [5, 5.41) is 7.22. The quantitative estimate of drug-likeness (QED) is 0.812. The van der Waals surface area contributed by atoms with Gasteiger partial charge in [-0.15, -0.1) is 0 Å². The van der Waals surface area contributed by atoms with Gasteiger partial charge in [-0.2, -0.15) is 4.98 Å². The van der Waals surface area contributed by atoms with Gasteiger partial charge in [0.1, 0.15) is 0 Å². The van der Waals surface area contributed by atoms with E-state index in [0.717, 1.165) is 37.4 Å². The molecular formula is C17H26N4O. The number of hydrogen-bond acceptors (Lipinski definition) is 5. The van der Waals surface area contributed by atoms with Crippen LogP contribution in [0.3, 0.4) is 0 Å². The number of nitrogens with zero attached hydrogens (tertiary/aromatic N) is 3. The van der Waals surface area contributed by atoms with Gasteiger partial charge >= 0.3 is 0 Å². The van der Waals surface area contributed by atoms with E-state index in [1.165, 1.54) is 5.56 Å². The Kier molecular flexibility index (Phi) is 6.10. The fraction of sp³-hybridized carbons (Fsp3) is 0.529.